The number of halogens is 2. The molecule has 0 N–H and O–H groups in total. The van der Waals surface area contributed by atoms with Crippen molar-refractivity contribution in [3.63, 3.8) is 0 Å². The van der Waals surface area contributed by atoms with E-state index in [-0.39, 0.29) is 24.3 Å². The van der Waals surface area contributed by atoms with Gasteiger partial charge in [-0.2, -0.15) is 5.26 Å². The van der Waals surface area contributed by atoms with Crippen LogP contribution in [0.2, 0.25) is 0 Å². The molecule has 0 amide bonds. The number of piperidine rings is 1. The van der Waals surface area contributed by atoms with Crippen LogP contribution in [0.3, 0.4) is 0 Å². The minimum absolute atomic E-state index is 0.0241. The van der Waals surface area contributed by atoms with Crippen molar-refractivity contribution < 1.29 is 18.4 Å². The molecule has 0 unspecified atom stereocenters. The van der Waals surface area contributed by atoms with Crippen LogP contribution >= 0.6 is 0 Å². The lowest BCUT2D eigenvalue weighted by molar-refractivity contribution is -0.0799. The van der Waals surface area contributed by atoms with Gasteiger partial charge in [0.1, 0.15) is 12.3 Å². The zero-order valence-electron chi connectivity index (χ0n) is 21.0. The third kappa shape index (κ3) is 5.21. The number of pyridine rings is 2. The largest absolute Gasteiger partial charge is 0.394 e. The van der Waals surface area contributed by atoms with Gasteiger partial charge in [-0.05, 0) is 48.2 Å². The number of aryl methyl sites for hydroxylation is 1. The fraction of sp³-hybridized carbons (Fsp3) is 0.357. The number of fused-ring (bicyclic) bond motifs is 2. The van der Waals surface area contributed by atoms with E-state index in [1.54, 1.807) is 29.9 Å². The van der Waals surface area contributed by atoms with Crippen LogP contribution in [0.15, 0.2) is 58.7 Å². The molecule has 1 aromatic carbocycles. The molecular formula is C28H27F2N5O3. The molecule has 1 spiro atoms. The first kappa shape index (κ1) is 25.7. The minimum Gasteiger partial charge on any atom is -0.394 e. The lowest BCUT2D eigenvalue weighted by Crippen LogP contribution is -2.42. The van der Waals surface area contributed by atoms with Crippen molar-refractivity contribution >= 4 is 5.71 Å². The number of ether oxygens (including phenoxy) is 1. The summed E-state index contributed by atoms with van der Waals surface area (Å²) in [5.74, 6) is -1.96. The van der Waals surface area contributed by atoms with Crippen molar-refractivity contribution in [3.8, 4) is 6.07 Å². The van der Waals surface area contributed by atoms with Gasteiger partial charge in [0.05, 0.1) is 30.4 Å². The van der Waals surface area contributed by atoms with E-state index >= 15 is 0 Å². The van der Waals surface area contributed by atoms with E-state index in [1.807, 2.05) is 18.3 Å². The quantitative estimate of drug-likeness (QED) is 0.268. The number of oxime groups is 1. The molecule has 2 aliphatic heterocycles. The Morgan fingerprint density at radius 1 is 1.21 bits per heavy atom. The summed E-state index contributed by atoms with van der Waals surface area (Å²) in [5, 5.41) is 12.8. The number of nitriles is 1. The van der Waals surface area contributed by atoms with E-state index in [4.69, 9.17) is 14.8 Å². The molecule has 2 aromatic heterocycles. The zero-order valence-corrected chi connectivity index (χ0v) is 21.0. The molecule has 0 bridgehead atoms. The molecule has 10 heteroatoms. The van der Waals surface area contributed by atoms with Gasteiger partial charge in [-0.3, -0.25) is 14.7 Å². The average Bonchev–Trinajstić information content (AvgIpc) is 3.24. The summed E-state index contributed by atoms with van der Waals surface area (Å²) in [6.07, 6.45) is 5.34. The van der Waals surface area contributed by atoms with Crippen LogP contribution in [0.4, 0.5) is 8.78 Å². The first-order valence-electron chi connectivity index (χ1n) is 12.4. The van der Waals surface area contributed by atoms with Gasteiger partial charge in [0.2, 0.25) is 0 Å². The Kier molecular flexibility index (Phi) is 7.31. The van der Waals surface area contributed by atoms with Crippen molar-refractivity contribution in [2.24, 2.45) is 12.2 Å². The smallest absolute Gasteiger partial charge is 0.250 e. The highest BCUT2D eigenvalue weighted by atomic mass is 19.2. The topological polar surface area (TPSA) is 92.7 Å². The van der Waals surface area contributed by atoms with Gasteiger partial charge in [0.15, 0.2) is 11.6 Å². The zero-order chi connectivity index (χ0) is 26.7. The lowest BCUT2D eigenvalue weighted by atomic mass is 9.84. The third-order valence-corrected chi connectivity index (χ3v) is 7.10. The summed E-state index contributed by atoms with van der Waals surface area (Å²) in [5.41, 5.74) is 3.66. The molecule has 196 valence electrons. The molecule has 8 nitrogen and oxygen atoms in total. The third-order valence-electron chi connectivity index (χ3n) is 7.10. The van der Waals surface area contributed by atoms with E-state index in [0.29, 0.717) is 24.4 Å². The summed E-state index contributed by atoms with van der Waals surface area (Å²) >= 11 is 0. The second kappa shape index (κ2) is 10.8. The number of likely N-dealkylation sites (tertiary alicyclic amines) is 1. The second-order valence-electron chi connectivity index (χ2n) is 9.58. The highest BCUT2D eigenvalue weighted by Crippen LogP contribution is 2.43. The molecule has 38 heavy (non-hydrogen) atoms. The van der Waals surface area contributed by atoms with Crippen LogP contribution in [-0.2, 0) is 35.4 Å². The van der Waals surface area contributed by atoms with Crippen LogP contribution in [0.25, 0.3) is 0 Å². The second-order valence-corrected chi connectivity index (χ2v) is 9.58. The van der Waals surface area contributed by atoms with E-state index in [9.17, 15) is 13.6 Å². The van der Waals surface area contributed by atoms with Crippen molar-refractivity contribution in [2.75, 3.05) is 19.7 Å². The minimum atomic E-state index is -0.999. The van der Waals surface area contributed by atoms with Gasteiger partial charge in [-0.1, -0.05) is 11.2 Å². The van der Waals surface area contributed by atoms with Crippen LogP contribution in [0.5, 0.6) is 0 Å². The van der Waals surface area contributed by atoms with E-state index < -0.39 is 17.2 Å². The summed E-state index contributed by atoms with van der Waals surface area (Å²) < 4.78 is 35.2. The maximum atomic E-state index is 13.9. The first-order chi connectivity index (χ1) is 18.4. The molecule has 3 aromatic rings. The van der Waals surface area contributed by atoms with Crippen molar-refractivity contribution in [3.05, 3.63) is 98.7 Å². The number of aromatic nitrogens is 2. The molecule has 0 atom stereocenters. The summed E-state index contributed by atoms with van der Waals surface area (Å²) in [6, 6.07) is 10.8. The van der Waals surface area contributed by atoms with E-state index in [0.717, 1.165) is 54.8 Å². The molecular weight excluding hydrogens is 492 g/mol. The Balaban J connectivity index is 1.27. The van der Waals surface area contributed by atoms with Crippen LogP contribution in [-0.4, -0.2) is 39.9 Å². The van der Waals surface area contributed by atoms with E-state index in [2.05, 4.69) is 15.0 Å². The van der Waals surface area contributed by atoms with Gasteiger partial charge < -0.3 is 14.1 Å². The summed E-state index contributed by atoms with van der Waals surface area (Å²) in [6.45, 7) is 2.90. The fourth-order valence-electron chi connectivity index (χ4n) is 5.01. The molecule has 1 saturated heterocycles. The van der Waals surface area contributed by atoms with Gasteiger partial charge in [-0.15, -0.1) is 0 Å². The number of hydrogen-bond donors (Lipinski definition) is 0. The average molecular weight is 520 g/mol. The van der Waals surface area contributed by atoms with Crippen LogP contribution in [0.1, 0.15) is 47.2 Å². The Morgan fingerprint density at radius 2 is 2.03 bits per heavy atom. The monoisotopic (exact) mass is 519 g/mol. The highest BCUT2D eigenvalue weighted by molar-refractivity contribution is 6.11. The normalized spacial score (nSPS) is 16.8. The maximum absolute atomic E-state index is 13.9. The van der Waals surface area contributed by atoms with Crippen LogP contribution < -0.4 is 5.56 Å². The standard InChI is InChI=1S/C28H27F2N5O3/c1-34-17-21-18-37-28(22(21)14-26(34)36)7-10-35(11-8-28)16-19-3-6-25(32-15-19)27(33-38-12-2-9-31)20-4-5-23(29)24(30)13-20/h3-6,13-15,17H,2,7-8,10-12,16,18H2,1H3/b33-27+. The molecule has 0 aliphatic carbocycles. The Labute approximate surface area is 218 Å². The number of hydrogen-bond acceptors (Lipinski definition) is 7. The number of benzene rings is 1. The first-order valence-corrected chi connectivity index (χ1v) is 12.4. The van der Waals surface area contributed by atoms with Gasteiger partial charge in [0, 0.05) is 56.3 Å². The Bertz CT molecular complexity index is 1450. The highest BCUT2D eigenvalue weighted by Gasteiger charge is 2.43. The van der Waals surface area contributed by atoms with Crippen molar-refractivity contribution in [1.29, 1.82) is 5.26 Å². The van der Waals surface area contributed by atoms with Crippen molar-refractivity contribution in [1.82, 2.24) is 14.5 Å². The lowest BCUT2D eigenvalue weighted by Gasteiger charge is -2.39. The molecule has 0 radical (unpaired) electrons. The molecule has 4 heterocycles. The summed E-state index contributed by atoms with van der Waals surface area (Å²) in [7, 11) is 1.75. The SMILES string of the molecule is Cn1cc2c(cc1=O)C1(CCN(Cc3ccc(/C(=N/OCCC#N)c4ccc(F)c(F)c4)nc3)CC1)OC2. The molecule has 5 rings (SSSR count). The van der Waals surface area contributed by atoms with Crippen LogP contribution in [0, 0.1) is 23.0 Å². The predicted molar refractivity (Wildman–Crippen MR) is 135 cm³/mol. The maximum Gasteiger partial charge on any atom is 0.250 e. The van der Waals surface area contributed by atoms with Gasteiger partial charge in [0.25, 0.3) is 5.56 Å². The Hall–Kier alpha value is -3.94. The molecule has 2 aliphatic rings. The number of nitrogens with zero attached hydrogens (tertiary/aromatic N) is 5. The Morgan fingerprint density at radius 3 is 2.74 bits per heavy atom. The molecule has 0 saturated carbocycles. The van der Waals surface area contributed by atoms with Gasteiger partial charge >= 0.3 is 0 Å². The summed E-state index contributed by atoms with van der Waals surface area (Å²) in [4.78, 5) is 24.3. The predicted octanol–water partition coefficient (Wildman–Crippen LogP) is 3.76. The van der Waals surface area contributed by atoms with E-state index in [1.165, 1.54) is 6.07 Å². The number of rotatable bonds is 7. The van der Waals surface area contributed by atoms with Crippen molar-refractivity contribution in [2.45, 2.75) is 38.0 Å². The van der Waals surface area contributed by atoms with Gasteiger partial charge in [-0.25, -0.2) is 8.78 Å². The fourth-order valence-corrected chi connectivity index (χ4v) is 5.01. The molecule has 1 fully saturated rings.